The Bertz CT molecular complexity index is 175. The van der Waals surface area contributed by atoms with Crippen LogP contribution in [0.15, 0.2) is 0 Å². The van der Waals surface area contributed by atoms with E-state index in [0.717, 1.165) is 12.7 Å². The van der Waals surface area contributed by atoms with Crippen LogP contribution < -0.4 is 5.32 Å². The summed E-state index contributed by atoms with van der Waals surface area (Å²) >= 11 is 0. The lowest BCUT2D eigenvalue weighted by Crippen LogP contribution is -2.39. The average Bonchev–Trinajstić information content (AvgIpc) is 2.25. The lowest BCUT2D eigenvalue weighted by molar-refractivity contribution is -0.110. The van der Waals surface area contributed by atoms with Crippen molar-refractivity contribution in [2.24, 2.45) is 11.8 Å². The van der Waals surface area contributed by atoms with Crippen LogP contribution in [0.5, 0.6) is 0 Å². The third kappa shape index (κ3) is 1.86. The molecule has 70 valence electrons. The Morgan fingerprint density at radius 3 is 2.42 bits per heavy atom. The zero-order chi connectivity index (χ0) is 9.35. The Balaban J connectivity index is 2.69. The number of aldehydes is 1. The molecule has 1 heterocycles. The van der Waals surface area contributed by atoms with Crippen LogP contribution in [-0.4, -0.2) is 17.9 Å². The quantitative estimate of drug-likeness (QED) is 0.636. The van der Waals surface area contributed by atoms with Crippen molar-refractivity contribution in [3.8, 4) is 0 Å². The smallest absolute Gasteiger partial charge is 0.137 e. The first-order chi connectivity index (χ1) is 5.46. The number of hydrogen-bond acceptors (Lipinski definition) is 2. The van der Waals surface area contributed by atoms with E-state index in [1.54, 1.807) is 0 Å². The summed E-state index contributed by atoms with van der Waals surface area (Å²) in [5, 5.41) is 3.34. The molecule has 1 N–H and O–H groups in total. The van der Waals surface area contributed by atoms with Crippen LogP contribution in [0.4, 0.5) is 0 Å². The summed E-state index contributed by atoms with van der Waals surface area (Å²) in [5.74, 6) is 1.10. The van der Waals surface area contributed by atoms with Gasteiger partial charge in [-0.1, -0.05) is 13.8 Å². The number of carbonyl (C=O) groups is 1. The van der Waals surface area contributed by atoms with Gasteiger partial charge in [0.15, 0.2) is 0 Å². The molecule has 1 aliphatic heterocycles. The van der Waals surface area contributed by atoms with Gasteiger partial charge in [0.1, 0.15) is 6.29 Å². The minimum absolute atomic E-state index is 0.0694. The van der Waals surface area contributed by atoms with Crippen LogP contribution in [0, 0.1) is 11.8 Å². The summed E-state index contributed by atoms with van der Waals surface area (Å²) < 4.78 is 0. The molecular formula is C10H19NO. The molecule has 0 amide bonds. The van der Waals surface area contributed by atoms with Crippen molar-refractivity contribution in [1.82, 2.24) is 5.32 Å². The lowest BCUT2D eigenvalue weighted by atomic mass is 9.86. The molecule has 2 nitrogen and oxygen atoms in total. The molecule has 1 aliphatic rings. The van der Waals surface area contributed by atoms with Gasteiger partial charge in [-0.15, -0.1) is 0 Å². The predicted molar refractivity (Wildman–Crippen MR) is 50.0 cm³/mol. The molecule has 2 heteroatoms. The van der Waals surface area contributed by atoms with E-state index in [2.05, 4.69) is 33.0 Å². The fourth-order valence-corrected chi connectivity index (χ4v) is 2.12. The normalized spacial score (nSPS) is 34.1. The first kappa shape index (κ1) is 9.72. The zero-order valence-corrected chi connectivity index (χ0v) is 8.42. The second-order valence-electron chi connectivity index (χ2n) is 4.80. The highest BCUT2D eigenvalue weighted by Gasteiger charge is 2.39. The Labute approximate surface area is 74.7 Å². The highest BCUT2D eigenvalue weighted by Crippen LogP contribution is 2.32. The van der Waals surface area contributed by atoms with Gasteiger partial charge in [-0.2, -0.15) is 0 Å². The molecule has 0 spiro atoms. The van der Waals surface area contributed by atoms with Crippen molar-refractivity contribution in [1.29, 1.82) is 0 Å². The van der Waals surface area contributed by atoms with E-state index in [1.807, 2.05) is 0 Å². The second kappa shape index (κ2) is 3.17. The van der Waals surface area contributed by atoms with Crippen molar-refractivity contribution in [2.45, 2.75) is 45.7 Å². The van der Waals surface area contributed by atoms with E-state index in [0.29, 0.717) is 11.8 Å². The Morgan fingerprint density at radius 1 is 1.50 bits per heavy atom. The minimum Gasteiger partial charge on any atom is -0.302 e. The molecule has 0 saturated carbocycles. The van der Waals surface area contributed by atoms with E-state index in [-0.39, 0.29) is 11.6 Å². The largest absolute Gasteiger partial charge is 0.302 e. The summed E-state index contributed by atoms with van der Waals surface area (Å²) in [4.78, 5) is 10.7. The van der Waals surface area contributed by atoms with Crippen LogP contribution in [0.3, 0.4) is 0 Å². The van der Waals surface area contributed by atoms with Crippen LogP contribution in [-0.2, 0) is 4.79 Å². The minimum atomic E-state index is 0.0694. The molecule has 0 radical (unpaired) electrons. The van der Waals surface area contributed by atoms with Gasteiger partial charge >= 0.3 is 0 Å². The van der Waals surface area contributed by atoms with E-state index >= 15 is 0 Å². The molecule has 1 saturated heterocycles. The zero-order valence-electron chi connectivity index (χ0n) is 8.42. The molecule has 1 rings (SSSR count). The van der Waals surface area contributed by atoms with Gasteiger partial charge in [-0.3, -0.25) is 0 Å². The molecule has 0 aromatic rings. The molecule has 2 unspecified atom stereocenters. The van der Waals surface area contributed by atoms with Crippen molar-refractivity contribution in [2.75, 3.05) is 0 Å². The molecule has 0 aliphatic carbocycles. The van der Waals surface area contributed by atoms with E-state index in [4.69, 9.17) is 0 Å². The summed E-state index contributed by atoms with van der Waals surface area (Å²) in [6.07, 6.45) is 2.16. The molecule has 12 heavy (non-hydrogen) atoms. The van der Waals surface area contributed by atoms with Crippen LogP contribution in [0.2, 0.25) is 0 Å². The van der Waals surface area contributed by atoms with Crippen molar-refractivity contribution in [3.05, 3.63) is 0 Å². The summed E-state index contributed by atoms with van der Waals surface area (Å²) in [6, 6.07) is 0.0694. The molecule has 0 bridgehead atoms. The Morgan fingerprint density at radius 2 is 2.08 bits per heavy atom. The van der Waals surface area contributed by atoms with Crippen molar-refractivity contribution in [3.63, 3.8) is 0 Å². The lowest BCUT2D eigenvalue weighted by Gasteiger charge is -2.18. The molecule has 0 aromatic heterocycles. The Kier molecular flexibility index (Phi) is 2.57. The van der Waals surface area contributed by atoms with Gasteiger partial charge < -0.3 is 10.1 Å². The van der Waals surface area contributed by atoms with Gasteiger partial charge in [0.25, 0.3) is 0 Å². The number of hydrogen-bond donors (Lipinski definition) is 1. The standard InChI is InChI=1S/C10H19NO/c1-7(2)8-5-10(3,4)11-9(8)6-12/h6-9,11H,5H2,1-4H3. The number of nitrogens with one attached hydrogen (secondary N) is 1. The monoisotopic (exact) mass is 169 g/mol. The van der Waals surface area contributed by atoms with Crippen LogP contribution in [0.1, 0.15) is 34.1 Å². The maximum absolute atomic E-state index is 10.7. The first-order valence-corrected chi connectivity index (χ1v) is 4.69. The average molecular weight is 169 g/mol. The third-order valence-corrected chi connectivity index (χ3v) is 2.77. The summed E-state index contributed by atoms with van der Waals surface area (Å²) in [7, 11) is 0. The van der Waals surface area contributed by atoms with Gasteiger partial charge in [0, 0.05) is 5.54 Å². The number of carbonyl (C=O) groups excluding carboxylic acids is 1. The van der Waals surface area contributed by atoms with Gasteiger partial charge in [-0.05, 0) is 32.1 Å². The molecular weight excluding hydrogens is 150 g/mol. The first-order valence-electron chi connectivity index (χ1n) is 4.69. The van der Waals surface area contributed by atoms with Crippen LogP contribution in [0.25, 0.3) is 0 Å². The van der Waals surface area contributed by atoms with Crippen molar-refractivity contribution < 1.29 is 4.79 Å². The van der Waals surface area contributed by atoms with Gasteiger partial charge in [0.2, 0.25) is 0 Å². The Hall–Kier alpha value is -0.370. The van der Waals surface area contributed by atoms with Gasteiger partial charge in [0.05, 0.1) is 6.04 Å². The molecule has 1 fully saturated rings. The number of rotatable bonds is 2. The van der Waals surface area contributed by atoms with E-state index < -0.39 is 0 Å². The fourth-order valence-electron chi connectivity index (χ4n) is 2.12. The highest BCUT2D eigenvalue weighted by atomic mass is 16.1. The summed E-state index contributed by atoms with van der Waals surface area (Å²) in [6.45, 7) is 8.69. The SMILES string of the molecule is CC(C)C1CC(C)(C)NC1C=O. The molecule has 0 aromatic carbocycles. The van der Waals surface area contributed by atoms with Crippen molar-refractivity contribution >= 4 is 6.29 Å². The van der Waals surface area contributed by atoms with Gasteiger partial charge in [-0.25, -0.2) is 0 Å². The van der Waals surface area contributed by atoms with E-state index in [9.17, 15) is 4.79 Å². The predicted octanol–water partition coefficient (Wildman–Crippen LogP) is 1.60. The van der Waals surface area contributed by atoms with E-state index in [1.165, 1.54) is 0 Å². The second-order valence-corrected chi connectivity index (χ2v) is 4.80. The maximum Gasteiger partial charge on any atom is 0.137 e. The summed E-state index contributed by atoms with van der Waals surface area (Å²) in [5.41, 5.74) is 0.139. The highest BCUT2D eigenvalue weighted by molar-refractivity contribution is 5.59. The molecule has 2 atom stereocenters. The van der Waals surface area contributed by atoms with Crippen LogP contribution >= 0.6 is 0 Å². The fraction of sp³-hybridized carbons (Fsp3) is 0.900. The maximum atomic E-state index is 10.7. The third-order valence-electron chi connectivity index (χ3n) is 2.77. The topological polar surface area (TPSA) is 29.1 Å².